The number of amides is 4. The molecular formula is C100H144N5NaO15. The Hall–Kier alpha value is -6.70. The van der Waals surface area contributed by atoms with Crippen LogP contribution >= 0.6 is 0 Å². The van der Waals surface area contributed by atoms with Crippen molar-refractivity contribution in [1.29, 1.82) is 5.26 Å². The zero-order valence-corrected chi connectivity index (χ0v) is 79.2. The topological polar surface area (TPSA) is 344 Å². The number of ketones is 4. The molecule has 0 aromatic heterocycles. The summed E-state index contributed by atoms with van der Waals surface area (Å²) in [6.07, 6.45) is 41.6. The number of aliphatic hydroxyl groups excluding tert-OH is 4. The van der Waals surface area contributed by atoms with Crippen LogP contribution in [0.2, 0.25) is 0 Å². The molecule has 4 amide bonds. The van der Waals surface area contributed by atoms with Crippen molar-refractivity contribution in [1.82, 2.24) is 15.7 Å². The fourth-order valence-electron chi connectivity index (χ4n) is 27.6. The zero-order chi connectivity index (χ0) is 89.2. The Morgan fingerprint density at radius 1 is 0.488 bits per heavy atom. The van der Waals surface area contributed by atoms with E-state index in [2.05, 4.69) is 150 Å². The van der Waals surface area contributed by atoms with Crippen molar-refractivity contribution in [3.05, 3.63) is 128 Å². The van der Waals surface area contributed by atoms with E-state index in [1.807, 2.05) is 19.9 Å². The van der Waals surface area contributed by atoms with Crippen molar-refractivity contribution >= 4 is 52.7 Å². The Bertz CT molecular complexity index is 4690. The summed E-state index contributed by atoms with van der Waals surface area (Å²) in [6.45, 7) is 47.0. The van der Waals surface area contributed by atoms with Crippen molar-refractivity contribution in [2.75, 3.05) is 20.8 Å². The molecule has 0 aromatic rings. The Kier molecular flexibility index (Phi) is 28.2. The zero-order valence-electron chi connectivity index (χ0n) is 77.2. The van der Waals surface area contributed by atoms with Gasteiger partial charge in [-0.3, -0.25) is 38.4 Å². The van der Waals surface area contributed by atoms with Gasteiger partial charge < -0.3 is 46.7 Å². The van der Waals surface area contributed by atoms with Crippen molar-refractivity contribution in [2.45, 2.75) is 324 Å². The van der Waals surface area contributed by atoms with Gasteiger partial charge in [-0.05, 0) is 295 Å². The van der Waals surface area contributed by atoms with E-state index in [0.717, 1.165) is 169 Å². The van der Waals surface area contributed by atoms with E-state index in [0.29, 0.717) is 39.2 Å². The molecular weight excluding hydrogens is 1530 g/mol. The van der Waals surface area contributed by atoms with Crippen LogP contribution in [0.3, 0.4) is 0 Å². The van der Waals surface area contributed by atoms with Gasteiger partial charge in [0.2, 0.25) is 34.9 Å². The van der Waals surface area contributed by atoms with Crippen molar-refractivity contribution < 1.29 is 103 Å². The third kappa shape index (κ3) is 15.9. The van der Waals surface area contributed by atoms with Gasteiger partial charge in [0.1, 0.15) is 0 Å². The molecule has 0 radical (unpaired) electrons. The number of aliphatic hydroxyl groups is 4. The maximum atomic E-state index is 12.8. The quantitative estimate of drug-likeness (QED) is 0.0781. The fourth-order valence-corrected chi connectivity index (χ4v) is 27.6. The average molecular weight is 1680 g/mol. The Labute approximate surface area is 744 Å². The van der Waals surface area contributed by atoms with Crippen molar-refractivity contribution in [3.8, 4) is 6.07 Å². The number of nitrogens with zero attached hydrogens (tertiary/aromatic N) is 2. The van der Waals surface area contributed by atoms with Crippen molar-refractivity contribution in [3.63, 3.8) is 0 Å². The van der Waals surface area contributed by atoms with Gasteiger partial charge >= 0.3 is 35.5 Å². The number of hydrogen-bond donors (Lipinski definition) is 7. The van der Waals surface area contributed by atoms with E-state index < -0.39 is 34.8 Å². The molecule has 0 spiro atoms. The van der Waals surface area contributed by atoms with Crippen LogP contribution in [0, 0.1) is 99.5 Å². The summed E-state index contributed by atoms with van der Waals surface area (Å²) < 4.78 is 0. The summed E-state index contributed by atoms with van der Waals surface area (Å²) in [6, 6.07) is 1.75. The van der Waals surface area contributed by atoms with Gasteiger partial charge in [-0.25, -0.2) is 4.79 Å². The molecule has 1 aliphatic heterocycles. The second-order valence-electron chi connectivity index (χ2n) is 42.5. The Balaban J connectivity index is 0.000000203. The van der Waals surface area contributed by atoms with Crippen LogP contribution in [0.1, 0.15) is 307 Å². The first kappa shape index (κ1) is 99.7. The third-order valence-electron chi connectivity index (χ3n) is 35.5. The maximum absolute atomic E-state index is 12.8. The number of carbonyl (C=O) groups is 9. The normalized spacial score (nSPS) is 41.4. The van der Waals surface area contributed by atoms with Crippen LogP contribution in [-0.2, 0) is 48.0 Å². The molecule has 20 nitrogen and oxygen atoms in total. The largest absolute Gasteiger partial charge is 1.00 e. The first-order valence-corrected chi connectivity index (χ1v) is 43.7. The van der Waals surface area contributed by atoms with Gasteiger partial charge in [0.25, 0.3) is 11.8 Å². The number of hydrogen-bond acceptors (Lipinski definition) is 17. The van der Waals surface area contributed by atoms with Crippen LogP contribution in [0.25, 0.3) is 0 Å². The van der Waals surface area contributed by atoms with Crippen LogP contribution in [-0.4, -0.2) is 116 Å². The molecule has 15 aliphatic carbocycles. The van der Waals surface area contributed by atoms with E-state index in [-0.39, 0.29) is 162 Å². The smallest absolute Gasteiger partial charge is 0.857 e. The number of fused-ring (bicyclic) bond motifs is 21. The molecule has 21 heteroatoms. The Morgan fingerprint density at radius 3 is 1.14 bits per heavy atom. The summed E-state index contributed by atoms with van der Waals surface area (Å²) in [5, 5.41) is 60.5. The molecule has 0 aromatic carbocycles. The molecule has 121 heavy (non-hydrogen) atoms. The van der Waals surface area contributed by atoms with Crippen LogP contribution in [0.5, 0.6) is 0 Å². The number of rotatable bonds is 4. The minimum Gasteiger partial charge on any atom is -0.857 e. The molecule has 19 atom stereocenters. The number of carbonyl (C=O) groups excluding carboxylic acids is 9. The van der Waals surface area contributed by atoms with E-state index >= 15 is 0 Å². The number of Topliss-reactive ketones (excluding diaryl/α,β-unsaturated/α-hetero) is 1. The fraction of sp³-hybridized carbons (Fsp3) is 0.680. The number of nitrogens with one attached hydrogen (secondary N) is 2. The standard InChI is InChI=1S/C31H43NO4.C30H41NO3.C28H39NO2.C6H7NO4.C2H3N.CH4O.CH3O.CH4.Na/c1-19(34)32-27(3)12-10-26(2)11-14-30(6)23-9-8-20-21(16-22(35)25(36)29(20,5)18-33)28(23,4)13-15-31(30,7)24(26)17-27;1-18-20-8-9-23-28(5,21(20)16-22(33)25(18)34)13-15-30(7)24-17-27(4,31-19(2)32)12-10-26(24,3)11-14-29(23,30)6;1-17-18-7-8-21-26(4,19(18)15-20(30)23(17)31)12-14-28(6)22-16-25(3,29)11-9-24(22,2)10-13-27(21,28)5;1-4(8)11-7-5(9)2-3-6(7)10;1-2-3;2*1-2;;/h8-9,16,24,33H,10-15,17-18H2,1-7H3,(H,32,34);8-9,16,24,34H,10-15,17H2,1-7H3,(H,31,32);7-8,15,22,31H,9-14,16,29H2,1-6H3;2-3H2,1H3;1H3;2H,1H3;1H3;1H4;/q;;;;;;-1;;+1/t24-,26-,27-,28+,29+,30-,31+;24-,26-,27-,28+,29-,30+;22-,24-,25-,26+,27-,28+;;;;;;/m111....../s1. The summed E-state index contributed by atoms with van der Waals surface area (Å²) >= 11 is 0. The SMILES string of the molecule is C.CC#N.CC(=O)N[C@]1(C)CC[C@]2(C)CC[C@]3(C)C4=CC=C5C(=CC(=O)C(=O)[C@@]5(C)CO)[C@]4(C)CC[C@@]3(C)[C@@H]2C1.CC(=O)N[C@]1(C)CC[C@]2(C)CC[C@]3(C)C4=CC=C5C(=CC(=O)C(O)=C5C)[C@]4(C)CC[C@@]3(C)[C@@H]2C1.CC(=O)ON1C(=O)CCC1=O.CC1=C(O)C(=O)C=C2C1=CC=C1[C@@]2(C)CC[C@@]2(C)[C@@H]3C[C@](C)(N)CC[C@]3(C)CC[C@]12C.CO.C[O-].[Na+]. The number of nitriles is 1. The van der Waals surface area contributed by atoms with Crippen LogP contribution in [0.15, 0.2) is 128 Å². The molecule has 1 saturated heterocycles. The van der Waals surface area contributed by atoms with Crippen LogP contribution in [0.4, 0.5) is 0 Å². The third-order valence-corrected chi connectivity index (χ3v) is 35.5. The summed E-state index contributed by atoms with van der Waals surface area (Å²) in [5.41, 5.74) is 17.6. The second kappa shape index (κ2) is 34.2. The minimum absolute atomic E-state index is 0. The average Bonchev–Trinajstić information content (AvgIpc) is 1.06. The van der Waals surface area contributed by atoms with Gasteiger partial charge in [-0.2, -0.15) is 12.4 Å². The molecule has 10 fully saturated rings. The predicted octanol–water partition coefficient (Wildman–Crippen LogP) is 14.4. The predicted molar refractivity (Wildman–Crippen MR) is 465 cm³/mol. The summed E-state index contributed by atoms with van der Waals surface area (Å²) in [5.74, 6) is -1.57. The molecule has 1 heterocycles. The van der Waals surface area contributed by atoms with Crippen molar-refractivity contribution in [2.24, 2.45) is 93.9 Å². The maximum Gasteiger partial charge on any atom is 1.00 e. The minimum atomic E-state index is -1.18. The van der Waals surface area contributed by atoms with E-state index in [1.54, 1.807) is 45.1 Å². The summed E-state index contributed by atoms with van der Waals surface area (Å²) in [7, 11) is 1.75. The molecule has 660 valence electrons. The van der Waals surface area contributed by atoms with E-state index in [1.165, 1.54) is 49.3 Å². The molecule has 16 rings (SSSR count). The first-order valence-electron chi connectivity index (χ1n) is 43.7. The van der Waals surface area contributed by atoms with Gasteiger partial charge in [0, 0.05) is 91.7 Å². The number of hydroxylamine groups is 2. The summed E-state index contributed by atoms with van der Waals surface area (Å²) in [4.78, 5) is 111. The molecule has 8 N–H and O–H groups in total. The van der Waals surface area contributed by atoms with Gasteiger partial charge in [0.05, 0.1) is 18.1 Å². The molecule has 16 aliphatic rings. The van der Waals surface area contributed by atoms with Gasteiger partial charge in [-0.15, -0.1) is 5.06 Å². The number of imide groups is 1. The monoisotopic (exact) mass is 1680 g/mol. The molecule has 9 saturated carbocycles. The van der Waals surface area contributed by atoms with Crippen LogP contribution < -0.4 is 51.0 Å². The van der Waals surface area contributed by atoms with Gasteiger partial charge in [-0.1, -0.05) is 144 Å². The molecule has 0 unspecified atom stereocenters. The Morgan fingerprint density at radius 2 is 0.802 bits per heavy atom. The molecule has 0 bridgehead atoms. The number of nitrogens with two attached hydrogens (primary N) is 1. The first-order chi connectivity index (χ1) is 55.1. The second-order valence-corrected chi connectivity index (χ2v) is 42.5. The number of allylic oxidation sites excluding steroid dienone is 19. The van der Waals surface area contributed by atoms with E-state index in [4.69, 9.17) is 21.2 Å². The van der Waals surface area contributed by atoms with E-state index in [9.17, 15) is 58.5 Å². The van der Waals surface area contributed by atoms with Gasteiger partial charge in [0.15, 0.2) is 11.5 Å².